The van der Waals surface area contributed by atoms with Crippen molar-refractivity contribution in [2.24, 2.45) is 7.05 Å². The van der Waals surface area contributed by atoms with Crippen molar-refractivity contribution in [1.29, 1.82) is 0 Å². The molecule has 0 saturated carbocycles. The van der Waals surface area contributed by atoms with Gasteiger partial charge in [0.2, 0.25) is 12.1 Å². The van der Waals surface area contributed by atoms with Crippen LogP contribution in [0.4, 0.5) is 11.6 Å². The summed E-state index contributed by atoms with van der Waals surface area (Å²) in [6.07, 6.45) is 3.24. The fraction of sp³-hybridized carbons (Fsp3) is 0.400. The number of aryl methyl sites for hydroxylation is 2. The normalized spacial score (nSPS) is 10.6. The molecule has 0 aromatic carbocycles. The molecule has 0 aliphatic heterocycles. The van der Waals surface area contributed by atoms with Crippen molar-refractivity contribution < 1.29 is 4.92 Å². The Labute approximate surface area is 108 Å². The third-order valence-corrected chi connectivity index (χ3v) is 3.38. The first-order valence-electron chi connectivity index (χ1n) is 5.27. The second kappa shape index (κ2) is 4.73. The molecule has 0 unspecified atom stereocenters. The first kappa shape index (κ1) is 12.5. The smallest absolute Gasteiger partial charge is 0.358 e. The molecule has 0 aliphatic rings. The predicted octanol–water partition coefficient (Wildman–Crippen LogP) is 1.73. The molecule has 0 atom stereocenters. The van der Waals surface area contributed by atoms with Crippen LogP contribution in [0.15, 0.2) is 12.5 Å². The van der Waals surface area contributed by atoms with Crippen LogP contribution in [0, 0.1) is 17.0 Å². The Morgan fingerprint density at radius 1 is 1.56 bits per heavy atom. The van der Waals surface area contributed by atoms with Crippen molar-refractivity contribution in [2.45, 2.75) is 13.5 Å². The molecule has 0 bridgehead atoms. The first-order valence-corrected chi connectivity index (χ1v) is 6.09. The Bertz CT molecular complexity index is 577. The summed E-state index contributed by atoms with van der Waals surface area (Å²) in [5, 5.41) is 11.9. The zero-order valence-corrected chi connectivity index (χ0v) is 11.1. The highest BCUT2D eigenvalue weighted by Crippen LogP contribution is 2.26. The molecule has 0 fully saturated rings. The largest absolute Gasteiger partial charge is 0.406 e. The molecule has 0 saturated heterocycles. The van der Waals surface area contributed by atoms with Gasteiger partial charge >= 0.3 is 5.82 Å². The summed E-state index contributed by atoms with van der Waals surface area (Å²) in [5.41, 5.74) is 0. The minimum Gasteiger partial charge on any atom is -0.358 e. The van der Waals surface area contributed by atoms with E-state index in [0.29, 0.717) is 12.4 Å². The van der Waals surface area contributed by atoms with Crippen molar-refractivity contribution in [2.75, 3.05) is 11.9 Å². The maximum absolute atomic E-state index is 10.9. The summed E-state index contributed by atoms with van der Waals surface area (Å²) in [6, 6.07) is 0. The molecule has 7 nitrogen and oxygen atoms in total. The zero-order valence-electron chi connectivity index (χ0n) is 10.3. The quantitative estimate of drug-likeness (QED) is 0.622. The van der Waals surface area contributed by atoms with Gasteiger partial charge in [0.1, 0.15) is 0 Å². The minimum atomic E-state index is -0.468. The van der Waals surface area contributed by atoms with Crippen LogP contribution in [-0.4, -0.2) is 26.5 Å². The van der Waals surface area contributed by atoms with Crippen molar-refractivity contribution in [3.8, 4) is 0 Å². The number of nitro groups is 1. The van der Waals surface area contributed by atoms with E-state index >= 15 is 0 Å². The van der Waals surface area contributed by atoms with E-state index in [1.165, 1.54) is 6.33 Å². The molecule has 2 heterocycles. The first-order chi connectivity index (χ1) is 8.49. The Kier molecular flexibility index (Phi) is 3.28. The highest BCUT2D eigenvalue weighted by Gasteiger charge is 2.23. The highest BCUT2D eigenvalue weighted by molar-refractivity contribution is 7.11. The topological polar surface area (TPSA) is 77.1 Å². The van der Waals surface area contributed by atoms with Crippen LogP contribution in [-0.2, 0) is 13.6 Å². The lowest BCUT2D eigenvalue weighted by atomic mass is 10.4. The molecular formula is C10H13N5O2S. The van der Waals surface area contributed by atoms with Crippen molar-refractivity contribution in [3.63, 3.8) is 0 Å². The number of nitrogens with zero attached hydrogens (tertiary/aromatic N) is 5. The van der Waals surface area contributed by atoms with Crippen LogP contribution in [0.25, 0.3) is 0 Å². The maximum Gasteiger partial charge on any atom is 0.406 e. The monoisotopic (exact) mass is 267 g/mol. The number of imidazole rings is 1. The molecule has 0 spiro atoms. The number of hydrogen-bond acceptors (Lipinski definition) is 6. The van der Waals surface area contributed by atoms with Crippen LogP contribution >= 0.6 is 11.3 Å². The van der Waals surface area contributed by atoms with E-state index in [4.69, 9.17) is 0 Å². The fourth-order valence-electron chi connectivity index (χ4n) is 1.77. The molecule has 2 rings (SSSR count). The molecule has 96 valence electrons. The van der Waals surface area contributed by atoms with Crippen molar-refractivity contribution in [3.05, 3.63) is 32.5 Å². The molecule has 0 N–H and O–H groups in total. The van der Waals surface area contributed by atoms with Crippen LogP contribution < -0.4 is 4.90 Å². The van der Waals surface area contributed by atoms with Crippen LogP contribution in [0.1, 0.15) is 9.88 Å². The van der Waals surface area contributed by atoms with Gasteiger partial charge < -0.3 is 15.0 Å². The third kappa shape index (κ3) is 2.33. The van der Waals surface area contributed by atoms with Crippen LogP contribution in [0.3, 0.4) is 0 Å². The zero-order chi connectivity index (χ0) is 13.3. The molecular weight excluding hydrogens is 254 g/mol. The summed E-state index contributed by atoms with van der Waals surface area (Å²) < 4.78 is 1.64. The van der Waals surface area contributed by atoms with Crippen LogP contribution in [0.2, 0.25) is 0 Å². The number of rotatable bonds is 4. The fourth-order valence-corrected chi connectivity index (χ4v) is 2.62. The Morgan fingerprint density at radius 3 is 2.83 bits per heavy atom. The summed E-state index contributed by atoms with van der Waals surface area (Å²) in [7, 11) is 3.54. The minimum absolute atomic E-state index is 0.124. The van der Waals surface area contributed by atoms with Crippen LogP contribution in [0.5, 0.6) is 0 Å². The van der Waals surface area contributed by atoms with E-state index < -0.39 is 4.92 Å². The summed E-state index contributed by atoms with van der Waals surface area (Å²) in [4.78, 5) is 21.2. The van der Waals surface area contributed by atoms with E-state index in [1.54, 1.807) is 41.1 Å². The van der Waals surface area contributed by atoms with Crippen molar-refractivity contribution >= 4 is 23.0 Å². The Morgan fingerprint density at radius 2 is 2.28 bits per heavy atom. The van der Waals surface area contributed by atoms with Gasteiger partial charge in [0.05, 0.1) is 11.6 Å². The maximum atomic E-state index is 10.9. The van der Waals surface area contributed by atoms with E-state index in [-0.39, 0.29) is 5.82 Å². The van der Waals surface area contributed by atoms with Gasteiger partial charge in [-0.05, 0) is 16.8 Å². The number of aromatic nitrogens is 3. The molecule has 8 heteroatoms. The second-order valence-corrected chi connectivity index (χ2v) is 5.28. The Hall–Kier alpha value is -1.96. The SMILES string of the molecule is Cc1ncc(CN(C)c2c([N+](=O)[O-])ncn2C)s1. The van der Waals surface area contributed by atoms with Gasteiger partial charge in [-0.2, -0.15) is 0 Å². The molecule has 0 amide bonds. The average molecular weight is 267 g/mol. The Balaban J connectivity index is 2.25. The molecule has 2 aromatic heterocycles. The van der Waals surface area contributed by atoms with Gasteiger partial charge in [-0.15, -0.1) is 11.3 Å². The lowest BCUT2D eigenvalue weighted by Gasteiger charge is -2.16. The molecule has 18 heavy (non-hydrogen) atoms. The van der Waals surface area contributed by atoms with Gasteiger partial charge in [0.25, 0.3) is 0 Å². The highest BCUT2D eigenvalue weighted by atomic mass is 32.1. The lowest BCUT2D eigenvalue weighted by Crippen LogP contribution is -2.19. The van der Waals surface area contributed by atoms with Gasteiger partial charge in [-0.1, -0.05) is 0 Å². The molecule has 2 aromatic rings. The van der Waals surface area contributed by atoms with E-state index in [2.05, 4.69) is 9.97 Å². The average Bonchev–Trinajstić information content (AvgIpc) is 2.85. The molecule has 0 radical (unpaired) electrons. The van der Waals surface area contributed by atoms with E-state index in [0.717, 1.165) is 9.88 Å². The van der Waals surface area contributed by atoms with Crippen molar-refractivity contribution in [1.82, 2.24) is 14.5 Å². The van der Waals surface area contributed by atoms with Gasteiger partial charge in [-0.25, -0.2) is 4.98 Å². The second-order valence-electron chi connectivity index (χ2n) is 3.96. The summed E-state index contributed by atoms with van der Waals surface area (Å²) in [6.45, 7) is 2.51. The third-order valence-electron chi connectivity index (χ3n) is 2.48. The number of hydrogen-bond donors (Lipinski definition) is 0. The van der Waals surface area contributed by atoms with Gasteiger partial charge in [0, 0.05) is 25.2 Å². The lowest BCUT2D eigenvalue weighted by molar-refractivity contribution is -0.388. The summed E-state index contributed by atoms with van der Waals surface area (Å²) >= 11 is 1.58. The number of thiazole rings is 1. The standard InChI is InChI=1S/C10H13N5O2S/c1-7-11-4-8(18-7)5-13(2)10-9(15(16)17)12-6-14(10)3/h4,6H,5H2,1-3H3. The molecule has 0 aliphatic carbocycles. The van der Waals surface area contributed by atoms with E-state index in [9.17, 15) is 10.1 Å². The van der Waals surface area contributed by atoms with Gasteiger partial charge in [-0.3, -0.25) is 4.57 Å². The number of anilines is 1. The van der Waals surface area contributed by atoms with Gasteiger partial charge in [0.15, 0.2) is 0 Å². The predicted molar refractivity (Wildman–Crippen MR) is 68.8 cm³/mol. The van der Waals surface area contributed by atoms with E-state index in [1.807, 2.05) is 6.92 Å². The summed E-state index contributed by atoms with van der Waals surface area (Å²) in [5.74, 6) is 0.368.